The first kappa shape index (κ1) is 15.8. The molecule has 0 radical (unpaired) electrons. The minimum Gasteiger partial charge on any atom is -0.464 e. The van der Waals surface area contributed by atoms with E-state index in [4.69, 9.17) is 4.42 Å². The van der Waals surface area contributed by atoms with E-state index in [0.717, 1.165) is 18.2 Å². The molecule has 1 aromatic heterocycles. The number of halogens is 2. The molecule has 0 spiro atoms. The summed E-state index contributed by atoms with van der Waals surface area (Å²) in [4.78, 5) is 2.36. The molecular weight excluding hydrogens is 282 g/mol. The van der Waals surface area contributed by atoms with Crippen molar-refractivity contribution in [2.24, 2.45) is 5.92 Å². The minimum absolute atomic E-state index is 0.229. The molecule has 0 unspecified atom stereocenters. The highest BCUT2D eigenvalue weighted by molar-refractivity contribution is 7.98. The molecule has 0 bridgehead atoms. The molecule has 2 heterocycles. The summed E-state index contributed by atoms with van der Waals surface area (Å²) in [5.74, 6) is 0.0578. The highest BCUT2D eigenvalue weighted by Crippen LogP contribution is 2.21. The topological polar surface area (TPSA) is 28.4 Å². The van der Waals surface area contributed by atoms with E-state index in [1.807, 2.05) is 6.07 Å². The molecule has 1 N–H and O–H groups in total. The second-order valence-corrected chi connectivity index (χ2v) is 6.30. The summed E-state index contributed by atoms with van der Waals surface area (Å²) in [5, 5.41) is 3.40. The SMILES string of the molecule is CN1CCC(CNCc2ccc(CSC(F)F)o2)CC1. The average Bonchev–Trinajstić information content (AvgIpc) is 2.87. The molecule has 1 aliphatic heterocycles. The number of furan rings is 1. The summed E-state index contributed by atoms with van der Waals surface area (Å²) < 4.78 is 29.7. The summed E-state index contributed by atoms with van der Waals surface area (Å²) in [7, 11) is 2.16. The third-order valence-electron chi connectivity index (χ3n) is 3.64. The Morgan fingerprint density at radius 2 is 2.05 bits per heavy atom. The van der Waals surface area contributed by atoms with Gasteiger partial charge in [-0.3, -0.25) is 0 Å². The van der Waals surface area contributed by atoms with Gasteiger partial charge in [-0.15, -0.1) is 0 Å². The Hall–Kier alpha value is -0.590. The first-order valence-electron chi connectivity index (χ1n) is 7.00. The van der Waals surface area contributed by atoms with Crippen LogP contribution in [0.4, 0.5) is 8.78 Å². The highest BCUT2D eigenvalue weighted by atomic mass is 32.2. The number of hydrogen-bond donors (Lipinski definition) is 1. The first-order valence-corrected chi connectivity index (χ1v) is 8.05. The van der Waals surface area contributed by atoms with Crippen molar-refractivity contribution >= 4 is 11.8 Å². The predicted molar refractivity (Wildman–Crippen MR) is 77.9 cm³/mol. The van der Waals surface area contributed by atoms with Gasteiger partial charge >= 0.3 is 0 Å². The van der Waals surface area contributed by atoms with Crippen molar-refractivity contribution in [3.05, 3.63) is 23.7 Å². The maximum atomic E-state index is 12.1. The van der Waals surface area contributed by atoms with Gasteiger partial charge in [0.05, 0.1) is 12.3 Å². The zero-order valence-corrected chi connectivity index (χ0v) is 12.6. The minimum atomic E-state index is -2.34. The van der Waals surface area contributed by atoms with E-state index in [2.05, 4.69) is 17.3 Å². The van der Waals surface area contributed by atoms with Crippen LogP contribution in [0.15, 0.2) is 16.5 Å². The molecule has 1 saturated heterocycles. The maximum Gasteiger partial charge on any atom is 0.284 e. The van der Waals surface area contributed by atoms with Gasteiger partial charge in [-0.25, -0.2) is 0 Å². The first-order chi connectivity index (χ1) is 9.63. The number of alkyl halides is 2. The van der Waals surface area contributed by atoms with Crippen molar-refractivity contribution in [2.45, 2.75) is 30.9 Å². The number of thioether (sulfide) groups is 1. The molecule has 20 heavy (non-hydrogen) atoms. The summed E-state index contributed by atoms with van der Waals surface area (Å²) in [6.45, 7) is 4.01. The van der Waals surface area contributed by atoms with E-state index in [1.165, 1.54) is 25.9 Å². The fourth-order valence-corrected chi connectivity index (χ4v) is 2.85. The van der Waals surface area contributed by atoms with Gasteiger partial charge in [0.1, 0.15) is 11.5 Å². The van der Waals surface area contributed by atoms with Gasteiger partial charge in [0.15, 0.2) is 0 Å². The normalized spacial score (nSPS) is 18.0. The third-order valence-corrected chi connectivity index (χ3v) is 4.34. The Balaban J connectivity index is 1.64. The van der Waals surface area contributed by atoms with Crippen LogP contribution in [0.25, 0.3) is 0 Å². The Labute approximate surface area is 123 Å². The van der Waals surface area contributed by atoms with E-state index in [0.29, 0.717) is 24.1 Å². The number of nitrogens with one attached hydrogen (secondary N) is 1. The summed E-state index contributed by atoms with van der Waals surface area (Å²) in [6, 6.07) is 3.64. The lowest BCUT2D eigenvalue weighted by Crippen LogP contribution is -2.34. The second kappa shape index (κ2) is 8.00. The Morgan fingerprint density at radius 1 is 1.35 bits per heavy atom. The Bertz CT molecular complexity index is 392. The zero-order chi connectivity index (χ0) is 14.4. The van der Waals surface area contributed by atoms with E-state index in [9.17, 15) is 8.78 Å². The van der Waals surface area contributed by atoms with Crippen molar-refractivity contribution in [1.29, 1.82) is 0 Å². The molecule has 0 atom stereocenters. The lowest BCUT2D eigenvalue weighted by molar-refractivity contribution is 0.215. The fourth-order valence-electron chi connectivity index (χ4n) is 2.41. The smallest absolute Gasteiger partial charge is 0.284 e. The van der Waals surface area contributed by atoms with Crippen molar-refractivity contribution in [2.75, 3.05) is 26.7 Å². The van der Waals surface area contributed by atoms with Gasteiger partial charge in [0.25, 0.3) is 5.76 Å². The van der Waals surface area contributed by atoms with Crippen LogP contribution in [0.5, 0.6) is 0 Å². The molecule has 1 fully saturated rings. The van der Waals surface area contributed by atoms with E-state index < -0.39 is 5.76 Å². The molecule has 0 aromatic carbocycles. The van der Waals surface area contributed by atoms with Crippen LogP contribution in [0.3, 0.4) is 0 Å². The fraction of sp³-hybridized carbons (Fsp3) is 0.714. The third kappa shape index (κ3) is 5.42. The molecule has 1 aromatic rings. The molecule has 6 heteroatoms. The van der Waals surface area contributed by atoms with Crippen molar-refractivity contribution < 1.29 is 13.2 Å². The van der Waals surface area contributed by atoms with E-state index in [-0.39, 0.29) is 5.75 Å². The van der Waals surface area contributed by atoms with E-state index >= 15 is 0 Å². The molecule has 0 saturated carbocycles. The summed E-state index contributed by atoms with van der Waals surface area (Å²) in [5.41, 5.74) is 0. The lowest BCUT2D eigenvalue weighted by atomic mass is 9.97. The molecule has 1 aliphatic rings. The monoisotopic (exact) mass is 304 g/mol. The lowest BCUT2D eigenvalue weighted by Gasteiger charge is -2.28. The quantitative estimate of drug-likeness (QED) is 0.837. The molecule has 2 rings (SSSR count). The Morgan fingerprint density at radius 3 is 2.75 bits per heavy atom. The summed E-state index contributed by atoms with van der Waals surface area (Å²) >= 11 is 0.592. The van der Waals surface area contributed by atoms with Gasteiger partial charge in [-0.2, -0.15) is 8.78 Å². The molecule has 3 nitrogen and oxygen atoms in total. The zero-order valence-electron chi connectivity index (χ0n) is 11.8. The highest BCUT2D eigenvalue weighted by Gasteiger charge is 2.16. The number of piperidine rings is 1. The molecule has 0 amide bonds. The van der Waals surface area contributed by atoms with Crippen molar-refractivity contribution in [3.8, 4) is 0 Å². The van der Waals surface area contributed by atoms with E-state index in [1.54, 1.807) is 6.07 Å². The maximum absolute atomic E-state index is 12.1. The number of hydrogen-bond acceptors (Lipinski definition) is 4. The standard InChI is InChI=1S/C14H22F2N2OS/c1-18-6-4-11(5-7-18)8-17-9-12-2-3-13(19-12)10-20-14(15)16/h2-3,11,14,17H,4-10H2,1H3. The predicted octanol–water partition coefficient (Wildman–Crippen LogP) is 3.17. The van der Waals surface area contributed by atoms with Gasteiger partial charge in [0, 0.05) is 0 Å². The second-order valence-electron chi connectivity index (χ2n) is 5.32. The van der Waals surface area contributed by atoms with Crippen LogP contribution in [0.1, 0.15) is 24.4 Å². The van der Waals surface area contributed by atoms with Crippen molar-refractivity contribution in [3.63, 3.8) is 0 Å². The number of likely N-dealkylation sites (tertiary alicyclic amines) is 1. The van der Waals surface area contributed by atoms with Gasteiger partial charge in [-0.1, -0.05) is 11.8 Å². The number of nitrogens with zero attached hydrogens (tertiary/aromatic N) is 1. The van der Waals surface area contributed by atoms with Crippen LogP contribution in [0.2, 0.25) is 0 Å². The molecule has 0 aliphatic carbocycles. The average molecular weight is 304 g/mol. The van der Waals surface area contributed by atoms with Crippen LogP contribution in [0, 0.1) is 5.92 Å². The van der Waals surface area contributed by atoms with Crippen LogP contribution < -0.4 is 5.32 Å². The summed E-state index contributed by atoms with van der Waals surface area (Å²) in [6.07, 6.45) is 2.47. The molecule has 114 valence electrons. The van der Waals surface area contributed by atoms with Crippen LogP contribution in [-0.4, -0.2) is 37.3 Å². The van der Waals surface area contributed by atoms with Gasteiger partial charge in [0.2, 0.25) is 0 Å². The largest absolute Gasteiger partial charge is 0.464 e. The van der Waals surface area contributed by atoms with Crippen molar-refractivity contribution in [1.82, 2.24) is 10.2 Å². The van der Waals surface area contributed by atoms with Crippen LogP contribution >= 0.6 is 11.8 Å². The number of rotatable bonds is 7. The van der Waals surface area contributed by atoms with Gasteiger partial charge < -0.3 is 14.6 Å². The molecular formula is C14H22F2N2OS. The van der Waals surface area contributed by atoms with Gasteiger partial charge in [-0.05, 0) is 57.6 Å². The Kier molecular flexibility index (Phi) is 6.32. The van der Waals surface area contributed by atoms with Crippen LogP contribution in [-0.2, 0) is 12.3 Å².